The normalized spacial score (nSPS) is 21.7. The molecule has 0 spiro atoms. The third-order valence-corrected chi connectivity index (χ3v) is 8.19. The van der Waals surface area contributed by atoms with Gasteiger partial charge in [0.1, 0.15) is 5.82 Å². The summed E-state index contributed by atoms with van der Waals surface area (Å²) in [5.74, 6) is 1.44. The molecule has 6 heteroatoms. The highest BCUT2D eigenvalue weighted by Gasteiger charge is 2.20. The Balaban J connectivity index is 1.37. The molecular weight excluding hydrogens is 367 g/mol. The number of nitrogens with zero attached hydrogens (tertiary/aromatic N) is 2. The summed E-state index contributed by atoms with van der Waals surface area (Å²) in [7, 11) is 4.01. The van der Waals surface area contributed by atoms with Crippen molar-refractivity contribution in [3.8, 4) is 0 Å². The number of carbonyl (C=O) groups is 1. The largest absolute Gasteiger partial charge is 0.341 e. The molecule has 2 heterocycles. The molecule has 2 saturated heterocycles. The summed E-state index contributed by atoms with van der Waals surface area (Å²) in [5, 5.41) is 0.806. The fourth-order valence-corrected chi connectivity index (χ4v) is 6.64. The zero-order chi connectivity index (χ0) is 18.2. The molecule has 3 nitrogen and oxygen atoms in total. The number of benzene rings is 1. The molecule has 0 aliphatic carbocycles. The third-order valence-electron chi connectivity index (χ3n) is 5.19. The molecule has 1 unspecified atom stereocenters. The van der Waals surface area contributed by atoms with Crippen LogP contribution in [-0.4, -0.2) is 52.9 Å². The second-order valence-corrected chi connectivity index (χ2v) is 9.96. The van der Waals surface area contributed by atoms with Crippen molar-refractivity contribution in [3.05, 3.63) is 35.6 Å². The average molecular weight is 397 g/mol. The van der Waals surface area contributed by atoms with Crippen LogP contribution in [-0.2, 0) is 11.3 Å². The Morgan fingerprint density at radius 1 is 1.15 bits per heavy atom. The van der Waals surface area contributed by atoms with E-state index in [1.54, 1.807) is 6.07 Å². The van der Waals surface area contributed by atoms with Gasteiger partial charge in [-0.3, -0.25) is 9.69 Å². The lowest BCUT2D eigenvalue weighted by Crippen LogP contribution is -2.35. The summed E-state index contributed by atoms with van der Waals surface area (Å²) in [5.41, 5.74) is 0.746. The lowest BCUT2D eigenvalue weighted by Gasteiger charge is -2.22. The van der Waals surface area contributed by atoms with E-state index in [1.807, 2.05) is 38.6 Å². The minimum absolute atomic E-state index is 0.136. The maximum absolute atomic E-state index is 13.8. The van der Waals surface area contributed by atoms with Crippen molar-refractivity contribution >= 4 is 27.5 Å². The Morgan fingerprint density at radius 3 is 2.85 bits per heavy atom. The lowest BCUT2D eigenvalue weighted by molar-refractivity contribution is -0.131. The number of rotatable bonds is 7. The third kappa shape index (κ3) is 6.17. The minimum atomic E-state index is -0.136. The van der Waals surface area contributed by atoms with E-state index < -0.39 is 0 Å². The van der Waals surface area contributed by atoms with E-state index in [1.165, 1.54) is 24.7 Å². The van der Waals surface area contributed by atoms with E-state index in [2.05, 4.69) is 4.90 Å². The van der Waals surface area contributed by atoms with E-state index >= 15 is 0 Å². The van der Waals surface area contributed by atoms with Crippen molar-refractivity contribution in [3.63, 3.8) is 0 Å². The lowest BCUT2D eigenvalue weighted by atomic mass is 10.1. The summed E-state index contributed by atoms with van der Waals surface area (Å²) in [6, 6.07) is 6.98. The number of amides is 1. The monoisotopic (exact) mass is 396 g/mol. The first-order valence-electron chi connectivity index (χ1n) is 9.74. The van der Waals surface area contributed by atoms with E-state index in [4.69, 9.17) is 0 Å². The van der Waals surface area contributed by atoms with Gasteiger partial charge in [0.2, 0.25) is 5.91 Å². The maximum atomic E-state index is 13.8. The van der Waals surface area contributed by atoms with E-state index in [9.17, 15) is 9.18 Å². The number of carbonyl (C=O) groups excluding carboxylic acids is 1. The number of unbranched alkanes of at least 4 members (excludes halogenated alkanes) is 1. The van der Waals surface area contributed by atoms with Crippen LogP contribution >= 0.6 is 21.6 Å². The van der Waals surface area contributed by atoms with Gasteiger partial charge in [-0.05, 0) is 31.7 Å². The fourth-order valence-electron chi connectivity index (χ4n) is 3.62. The Kier molecular flexibility index (Phi) is 8.14. The van der Waals surface area contributed by atoms with E-state index in [-0.39, 0.29) is 5.82 Å². The molecule has 0 N–H and O–H groups in total. The first-order chi connectivity index (χ1) is 12.7. The average Bonchev–Trinajstić information content (AvgIpc) is 3.05. The van der Waals surface area contributed by atoms with Crippen LogP contribution in [0.25, 0.3) is 0 Å². The van der Waals surface area contributed by atoms with Crippen LogP contribution in [0.2, 0.25) is 0 Å². The quantitative estimate of drug-likeness (QED) is 0.497. The van der Waals surface area contributed by atoms with Crippen LogP contribution in [0.15, 0.2) is 24.3 Å². The van der Waals surface area contributed by atoms with Crippen molar-refractivity contribution < 1.29 is 9.18 Å². The van der Waals surface area contributed by atoms with Gasteiger partial charge in [0, 0.05) is 55.7 Å². The van der Waals surface area contributed by atoms with Gasteiger partial charge in [-0.1, -0.05) is 46.2 Å². The van der Waals surface area contributed by atoms with Crippen molar-refractivity contribution in [1.82, 2.24) is 9.80 Å². The Labute approximate surface area is 164 Å². The van der Waals surface area contributed by atoms with Crippen molar-refractivity contribution in [2.45, 2.75) is 50.3 Å². The number of halogens is 1. The molecule has 1 aromatic rings. The Morgan fingerprint density at radius 2 is 2.04 bits per heavy atom. The van der Waals surface area contributed by atoms with Gasteiger partial charge in [0.05, 0.1) is 0 Å². The van der Waals surface area contributed by atoms with Crippen molar-refractivity contribution in [2.24, 2.45) is 0 Å². The van der Waals surface area contributed by atoms with Crippen LogP contribution in [0, 0.1) is 5.82 Å². The molecule has 1 atom stereocenters. The molecule has 2 aliphatic rings. The summed E-state index contributed by atoms with van der Waals surface area (Å²) in [6.07, 6.45) is 6.40. The van der Waals surface area contributed by atoms with Crippen LogP contribution in [0.4, 0.5) is 4.39 Å². The molecule has 0 aromatic heterocycles. The Bertz CT molecular complexity index is 581. The second-order valence-electron chi connectivity index (χ2n) is 7.18. The molecule has 0 bridgehead atoms. The van der Waals surface area contributed by atoms with Crippen LogP contribution in [0.1, 0.15) is 44.1 Å². The van der Waals surface area contributed by atoms with Gasteiger partial charge in [0.25, 0.3) is 0 Å². The predicted octanol–water partition coefficient (Wildman–Crippen LogP) is 4.57. The summed E-state index contributed by atoms with van der Waals surface area (Å²) >= 11 is 0. The van der Waals surface area contributed by atoms with Crippen molar-refractivity contribution in [2.75, 3.05) is 31.9 Å². The molecule has 0 radical (unpaired) electrons. The standard InChI is InChI=1S/C20H29FN2OS2/c21-19-8-3-1-6-17(19)16-22-11-5-12-23(14-13-22)20(24)9-4-2-7-18-10-15-25-26-18/h1,3,6,8,18H,2,4-5,7,9-16H2. The zero-order valence-electron chi connectivity index (χ0n) is 15.4. The van der Waals surface area contributed by atoms with Gasteiger partial charge < -0.3 is 4.90 Å². The summed E-state index contributed by atoms with van der Waals surface area (Å²) in [6.45, 7) is 3.99. The second kappa shape index (κ2) is 10.6. The summed E-state index contributed by atoms with van der Waals surface area (Å²) in [4.78, 5) is 16.8. The molecule has 3 rings (SSSR count). The summed E-state index contributed by atoms with van der Waals surface area (Å²) < 4.78 is 13.8. The van der Waals surface area contributed by atoms with Crippen LogP contribution in [0.5, 0.6) is 0 Å². The zero-order valence-corrected chi connectivity index (χ0v) is 17.0. The molecule has 1 aromatic carbocycles. The van der Waals surface area contributed by atoms with Crippen molar-refractivity contribution in [1.29, 1.82) is 0 Å². The van der Waals surface area contributed by atoms with Gasteiger partial charge >= 0.3 is 0 Å². The first-order valence-corrected chi connectivity index (χ1v) is 12.1. The highest BCUT2D eigenvalue weighted by Crippen LogP contribution is 2.39. The highest BCUT2D eigenvalue weighted by atomic mass is 33.1. The predicted molar refractivity (Wildman–Crippen MR) is 110 cm³/mol. The fraction of sp³-hybridized carbons (Fsp3) is 0.650. The molecule has 1 amide bonds. The van der Waals surface area contributed by atoms with E-state index in [0.717, 1.165) is 56.3 Å². The molecule has 0 saturated carbocycles. The first kappa shape index (κ1) is 20.0. The topological polar surface area (TPSA) is 23.6 Å². The molecule has 2 aliphatic heterocycles. The van der Waals surface area contributed by atoms with Gasteiger partial charge in [-0.25, -0.2) is 4.39 Å². The molecule has 26 heavy (non-hydrogen) atoms. The number of hydrogen-bond donors (Lipinski definition) is 0. The number of hydrogen-bond acceptors (Lipinski definition) is 4. The molecule has 144 valence electrons. The maximum Gasteiger partial charge on any atom is 0.222 e. The molecular formula is C20H29FN2OS2. The minimum Gasteiger partial charge on any atom is -0.341 e. The Hall–Kier alpha value is -0.720. The van der Waals surface area contributed by atoms with Gasteiger partial charge in [-0.15, -0.1) is 0 Å². The van der Waals surface area contributed by atoms with Crippen LogP contribution < -0.4 is 0 Å². The SMILES string of the molecule is O=C(CCCCC1CCSS1)N1CCCN(Cc2ccccc2F)CC1. The highest BCUT2D eigenvalue weighted by molar-refractivity contribution is 8.77. The smallest absolute Gasteiger partial charge is 0.222 e. The van der Waals surface area contributed by atoms with E-state index in [0.29, 0.717) is 18.9 Å². The van der Waals surface area contributed by atoms with Crippen LogP contribution in [0.3, 0.4) is 0 Å². The van der Waals surface area contributed by atoms with Gasteiger partial charge in [-0.2, -0.15) is 0 Å². The molecule has 2 fully saturated rings. The van der Waals surface area contributed by atoms with Gasteiger partial charge in [0.15, 0.2) is 0 Å².